The Morgan fingerprint density at radius 3 is 2.75 bits per heavy atom. The maximum Gasteiger partial charge on any atom is 0.186 e. The van der Waals surface area contributed by atoms with Crippen molar-refractivity contribution >= 4 is 15.9 Å². The molecule has 0 aliphatic heterocycles. The third-order valence-electron chi connectivity index (χ3n) is 3.21. The normalized spacial score (nSPS) is 22.3. The highest BCUT2D eigenvalue weighted by molar-refractivity contribution is 9.10. The average Bonchev–Trinajstić information content (AvgIpc) is 2.91. The summed E-state index contributed by atoms with van der Waals surface area (Å²) in [7, 11) is 3.21. The van der Waals surface area contributed by atoms with Crippen LogP contribution in [0, 0.1) is 11.3 Å². The van der Waals surface area contributed by atoms with Crippen LogP contribution in [0.25, 0.3) is 0 Å². The summed E-state index contributed by atoms with van der Waals surface area (Å²) in [5.74, 6) is 1.31. The molecule has 0 bridgehead atoms. The average molecular weight is 336 g/mol. The van der Waals surface area contributed by atoms with Gasteiger partial charge in [0.2, 0.25) is 0 Å². The van der Waals surface area contributed by atoms with Crippen molar-refractivity contribution in [2.45, 2.75) is 12.0 Å². The molecule has 20 heavy (non-hydrogen) atoms. The van der Waals surface area contributed by atoms with Crippen molar-refractivity contribution in [3.63, 3.8) is 0 Å². The molecule has 104 valence electrons. The van der Waals surface area contributed by atoms with Crippen LogP contribution in [0.15, 0.2) is 56.9 Å². The van der Waals surface area contributed by atoms with Crippen molar-refractivity contribution in [1.82, 2.24) is 0 Å². The maximum absolute atomic E-state index is 8.64. The summed E-state index contributed by atoms with van der Waals surface area (Å²) >= 11 is 3.30. The van der Waals surface area contributed by atoms with Gasteiger partial charge in [0.1, 0.15) is 11.5 Å². The molecule has 0 radical (unpaired) electrons. The second kappa shape index (κ2) is 6.12. The molecule has 5 heteroatoms. The van der Waals surface area contributed by atoms with E-state index in [4.69, 9.17) is 19.2 Å². The second-order valence-corrected chi connectivity index (χ2v) is 5.03. The fourth-order valence-corrected chi connectivity index (χ4v) is 2.56. The van der Waals surface area contributed by atoms with E-state index in [0.717, 1.165) is 5.57 Å². The third kappa shape index (κ3) is 2.58. The number of hydrogen-bond donors (Lipinski definition) is 0. The third-order valence-corrected chi connectivity index (χ3v) is 3.64. The molecule has 0 fully saturated rings. The molecule has 1 aliphatic rings. The number of ether oxygens (including phenoxy) is 2. The number of hydrogen-bond acceptors (Lipinski definition) is 4. The lowest BCUT2D eigenvalue weighted by molar-refractivity contribution is -0.0399. The molecule has 1 heterocycles. The van der Waals surface area contributed by atoms with E-state index in [1.54, 1.807) is 20.3 Å². The van der Waals surface area contributed by atoms with E-state index in [9.17, 15) is 0 Å². The minimum Gasteiger partial charge on any atom is -0.498 e. The SMILES string of the molecule is COC1=CC=C(/C=C\C#N)CC1(OC)c1ccc(Br)o1. The van der Waals surface area contributed by atoms with E-state index in [2.05, 4.69) is 15.9 Å². The molecule has 0 saturated carbocycles. The smallest absolute Gasteiger partial charge is 0.186 e. The summed E-state index contributed by atoms with van der Waals surface area (Å²) < 4.78 is 17.5. The van der Waals surface area contributed by atoms with Crippen molar-refractivity contribution in [3.8, 4) is 6.07 Å². The van der Waals surface area contributed by atoms with Gasteiger partial charge in [0.05, 0.1) is 13.2 Å². The predicted octanol–water partition coefficient (Wildman–Crippen LogP) is 3.82. The quantitative estimate of drug-likeness (QED) is 0.785. The van der Waals surface area contributed by atoms with Gasteiger partial charge in [-0.25, -0.2) is 0 Å². The Balaban J connectivity index is 2.47. The first-order valence-electron chi connectivity index (χ1n) is 5.98. The van der Waals surface area contributed by atoms with Gasteiger partial charge in [-0.1, -0.05) is 6.08 Å². The lowest BCUT2D eigenvalue weighted by Gasteiger charge is -2.34. The molecule has 2 rings (SSSR count). The summed E-state index contributed by atoms with van der Waals surface area (Å²) in [6.07, 6.45) is 7.47. The standard InChI is InChI=1S/C15H14BrNO3/c1-18-12-6-5-11(4-3-9-17)10-15(12,19-2)13-7-8-14(16)20-13/h3-8H,10H2,1-2H3/b4-3-. The molecule has 0 aromatic carbocycles. The van der Waals surface area contributed by atoms with Gasteiger partial charge in [0.25, 0.3) is 0 Å². The van der Waals surface area contributed by atoms with Crippen molar-refractivity contribution in [3.05, 3.63) is 58.2 Å². The van der Waals surface area contributed by atoms with Gasteiger partial charge in [-0.05, 0) is 45.8 Å². The Morgan fingerprint density at radius 1 is 1.40 bits per heavy atom. The highest BCUT2D eigenvalue weighted by Crippen LogP contribution is 2.43. The first kappa shape index (κ1) is 14.6. The first-order chi connectivity index (χ1) is 9.66. The monoisotopic (exact) mass is 335 g/mol. The van der Waals surface area contributed by atoms with E-state index in [0.29, 0.717) is 22.6 Å². The van der Waals surface area contributed by atoms with Crippen molar-refractivity contribution in [2.75, 3.05) is 14.2 Å². The van der Waals surface area contributed by atoms with Gasteiger partial charge in [-0.15, -0.1) is 0 Å². The lowest BCUT2D eigenvalue weighted by Crippen LogP contribution is -2.33. The molecule has 1 aromatic rings. The zero-order valence-corrected chi connectivity index (χ0v) is 12.8. The largest absolute Gasteiger partial charge is 0.498 e. The van der Waals surface area contributed by atoms with Crippen LogP contribution in [-0.2, 0) is 15.1 Å². The van der Waals surface area contributed by atoms with E-state index < -0.39 is 5.60 Å². The fourth-order valence-electron chi connectivity index (χ4n) is 2.26. The van der Waals surface area contributed by atoms with Crippen LogP contribution in [0.3, 0.4) is 0 Å². The zero-order chi connectivity index (χ0) is 14.6. The summed E-state index contributed by atoms with van der Waals surface area (Å²) in [6, 6.07) is 5.64. The van der Waals surface area contributed by atoms with E-state index in [1.165, 1.54) is 6.08 Å². The first-order valence-corrected chi connectivity index (χ1v) is 6.78. The Hall–Kier alpha value is -1.77. The summed E-state index contributed by atoms with van der Waals surface area (Å²) in [5.41, 5.74) is 0.145. The zero-order valence-electron chi connectivity index (χ0n) is 11.2. The maximum atomic E-state index is 8.64. The Morgan fingerprint density at radius 2 is 2.20 bits per heavy atom. The van der Waals surface area contributed by atoms with Crippen LogP contribution in [0.4, 0.5) is 0 Å². The number of rotatable bonds is 4. The summed E-state index contributed by atoms with van der Waals surface area (Å²) in [4.78, 5) is 0. The number of furan rings is 1. The predicted molar refractivity (Wildman–Crippen MR) is 77.6 cm³/mol. The molecule has 0 N–H and O–H groups in total. The highest BCUT2D eigenvalue weighted by atomic mass is 79.9. The lowest BCUT2D eigenvalue weighted by atomic mass is 9.85. The van der Waals surface area contributed by atoms with Crippen LogP contribution in [0.5, 0.6) is 0 Å². The molecular formula is C15H14BrNO3. The van der Waals surface area contributed by atoms with Crippen LogP contribution in [-0.4, -0.2) is 14.2 Å². The fraction of sp³-hybridized carbons (Fsp3) is 0.267. The summed E-state index contributed by atoms with van der Waals surface area (Å²) in [5, 5.41) is 8.64. The van der Waals surface area contributed by atoms with Gasteiger partial charge in [0, 0.05) is 19.6 Å². The van der Waals surface area contributed by atoms with Crippen LogP contribution in [0.1, 0.15) is 12.2 Å². The second-order valence-electron chi connectivity index (χ2n) is 4.25. The van der Waals surface area contributed by atoms with Crippen LogP contribution >= 0.6 is 15.9 Å². The topological polar surface area (TPSA) is 55.4 Å². The Kier molecular flexibility index (Phi) is 4.48. The molecule has 0 spiro atoms. The van der Waals surface area contributed by atoms with Crippen molar-refractivity contribution < 1.29 is 13.9 Å². The van der Waals surface area contributed by atoms with E-state index in [1.807, 2.05) is 30.4 Å². The molecular weight excluding hydrogens is 322 g/mol. The van der Waals surface area contributed by atoms with Gasteiger partial charge in [-0.2, -0.15) is 5.26 Å². The van der Waals surface area contributed by atoms with Gasteiger partial charge < -0.3 is 13.9 Å². The van der Waals surface area contributed by atoms with Crippen LogP contribution < -0.4 is 0 Å². The number of methoxy groups -OCH3 is 2. The number of nitriles is 1. The van der Waals surface area contributed by atoms with Crippen molar-refractivity contribution in [2.24, 2.45) is 0 Å². The van der Waals surface area contributed by atoms with Gasteiger partial charge in [0.15, 0.2) is 10.3 Å². The molecule has 4 nitrogen and oxygen atoms in total. The number of allylic oxidation sites excluding steroid dienone is 4. The molecule has 1 aromatic heterocycles. The molecule has 0 amide bonds. The van der Waals surface area contributed by atoms with Crippen molar-refractivity contribution in [1.29, 1.82) is 5.26 Å². The molecule has 1 unspecified atom stereocenters. The van der Waals surface area contributed by atoms with Gasteiger partial charge >= 0.3 is 0 Å². The molecule has 1 aliphatic carbocycles. The Bertz CT molecular complexity index is 621. The minimum atomic E-state index is -0.815. The van der Waals surface area contributed by atoms with Gasteiger partial charge in [-0.3, -0.25) is 0 Å². The Labute approximate surface area is 126 Å². The molecule has 0 saturated heterocycles. The molecule has 1 atom stereocenters. The van der Waals surface area contributed by atoms with Crippen LogP contribution in [0.2, 0.25) is 0 Å². The van der Waals surface area contributed by atoms with E-state index in [-0.39, 0.29) is 0 Å². The number of halogens is 1. The number of nitrogens with zero attached hydrogens (tertiary/aromatic N) is 1. The van der Waals surface area contributed by atoms with E-state index >= 15 is 0 Å². The highest BCUT2D eigenvalue weighted by Gasteiger charge is 2.43. The minimum absolute atomic E-state index is 0.529. The summed E-state index contributed by atoms with van der Waals surface area (Å²) in [6.45, 7) is 0.